The predicted octanol–water partition coefficient (Wildman–Crippen LogP) is 3.93. The lowest BCUT2D eigenvalue weighted by atomic mass is 10.3. The van der Waals surface area contributed by atoms with E-state index in [9.17, 15) is 0 Å². The summed E-state index contributed by atoms with van der Waals surface area (Å²) in [6.45, 7) is 1.82. The second-order valence-corrected chi connectivity index (χ2v) is 5.55. The number of nitrogens with zero attached hydrogens (tertiary/aromatic N) is 2. The lowest BCUT2D eigenvalue weighted by Gasteiger charge is -1.99. The summed E-state index contributed by atoms with van der Waals surface area (Å²) in [6, 6.07) is 3.98. The summed E-state index contributed by atoms with van der Waals surface area (Å²) in [5.41, 5.74) is 0.882. The first-order valence-electron chi connectivity index (χ1n) is 3.91. The molecule has 0 N–H and O–H groups in total. The molecule has 0 spiro atoms. The monoisotopic (exact) mass is 288 g/mol. The van der Waals surface area contributed by atoms with E-state index in [1.807, 2.05) is 19.1 Å². The molecule has 0 aromatic carbocycles. The van der Waals surface area contributed by atoms with Gasteiger partial charge in [0.1, 0.15) is 11.0 Å². The zero-order valence-electron chi connectivity index (χ0n) is 7.29. The molecule has 0 saturated carbocycles. The third-order valence-corrected chi connectivity index (χ3v) is 3.65. The van der Waals surface area contributed by atoms with Gasteiger partial charge in [-0.15, -0.1) is 11.3 Å². The molecular formula is C9H6BrClN2S. The van der Waals surface area contributed by atoms with Gasteiger partial charge in [-0.25, -0.2) is 9.97 Å². The molecule has 0 saturated heterocycles. The molecule has 5 heteroatoms. The third kappa shape index (κ3) is 1.97. The Labute approximate surface area is 99.1 Å². The molecule has 0 radical (unpaired) electrons. The fourth-order valence-corrected chi connectivity index (χ4v) is 2.79. The molecule has 2 aromatic heterocycles. The Bertz CT molecular complexity index is 470. The minimum absolute atomic E-state index is 0.506. The van der Waals surface area contributed by atoms with Gasteiger partial charge in [-0.2, -0.15) is 0 Å². The van der Waals surface area contributed by atoms with Crippen LogP contribution in [0.4, 0.5) is 0 Å². The lowest BCUT2D eigenvalue weighted by Crippen LogP contribution is -1.88. The first-order chi connectivity index (χ1) is 6.66. The van der Waals surface area contributed by atoms with Crippen LogP contribution in [0.25, 0.3) is 10.4 Å². The maximum atomic E-state index is 6.01. The van der Waals surface area contributed by atoms with Crippen molar-refractivity contribution in [2.45, 2.75) is 6.92 Å². The minimum atomic E-state index is 0.506. The lowest BCUT2D eigenvalue weighted by molar-refractivity contribution is 1.06. The number of halogens is 2. The van der Waals surface area contributed by atoms with Gasteiger partial charge in [-0.1, -0.05) is 11.6 Å². The normalized spacial score (nSPS) is 10.5. The Morgan fingerprint density at radius 2 is 2.21 bits per heavy atom. The van der Waals surface area contributed by atoms with E-state index < -0.39 is 0 Å². The standard InChI is InChI=1S/C9H6BrClN2S/c1-5-12-4-6(9(11)13-5)7-2-3-8(10)14-7/h2-4H,1H3. The van der Waals surface area contributed by atoms with Gasteiger partial charge in [0.2, 0.25) is 0 Å². The first kappa shape index (κ1) is 10.1. The molecule has 0 aliphatic heterocycles. The molecule has 72 valence electrons. The number of aromatic nitrogens is 2. The average molecular weight is 290 g/mol. The van der Waals surface area contributed by atoms with Gasteiger partial charge in [-0.05, 0) is 35.0 Å². The first-order valence-corrected chi connectivity index (χ1v) is 5.90. The average Bonchev–Trinajstić information content (AvgIpc) is 2.51. The third-order valence-electron chi connectivity index (χ3n) is 1.70. The van der Waals surface area contributed by atoms with Crippen LogP contribution in [0.15, 0.2) is 22.1 Å². The number of hydrogen-bond donors (Lipinski definition) is 0. The van der Waals surface area contributed by atoms with Crippen molar-refractivity contribution >= 4 is 38.9 Å². The molecule has 2 heterocycles. The van der Waals surface area contributed by atoms with Gasteiger partial charge in [0.15, 0.2) is 0 Å². The maximum Gasteiger partial charge on any atom is 0.141 e. The van der Waals surface area contributed by atoms with E-state index in [4.69, 9.17) is 11.6 Å². The number of aryl methyl sites for hydroxylation is 1. The maximum absolute atomic E-state index is 6.01. The van der Waals surface area contributed by atoms with E-state index in [1.165, 1.54) is 0 Å². The highest BCUT2D eigenvalue weighted by atomic mass is 79.9. The van der Waals surface area contributed by atoms with Crippen LogP contribution >= 0.6 is 38.9 Å². The van der Waals surface area contributed by atoms with E-state index in [0.717, 1.165) is 14.2 Å². The van der Waals surface area contributed by atoms with Gasteiger partial charge >= 0.3 is 0 Å². The van der Waals surface area contributed by atoms with E-state index in [0.29, 0.717) is 11.0 Å². The summed E-state index contributed by atoms with van der Waals surface area (Å²) >= 11 is 11.0. The van der Waals surface area contributed by atoms with Crippen LogP contribution in [0.1, 0.15) is 5.82 Å². The van der Waals surface area contributed by atoms with Crippen molar-refractivity contribution in [2.75, 3.05) is 0 Å². The van der Waals surface area contributed by atoms with Crippen LogP contribution in [0.3, 0.4) is 0 Å². The Morgan fingerprint density at radius 3 is 2.79 bits per heavy atom. The van der Waals surface area contributed by atoms with E-state index in [-0.39, 0.29) is 0 Å². The zero-order valence-corrected chi connectivity index (χ0v) is 10.4. The molecule has 0 atom stereocenters. The van der Waals surface area contributed by atoms with E-state index in [2.05, 4.69) is 25.9 Å². The summed E-state index contributed by atoms with van der Waals surface area (Å²) in [6.07, 6.45) is 1.75. The largest absolute Gasteiger partial charge is 0.241 e. The summed E-state index contributed by atoms with van der Waals surface area (Å²) in [7, 11) is 0. The molecule has 0 amide bonds. The van der Waals surface area contributed by atoms with Crippen LogP contribution in [0.5, 0.6) is 0 Å². The number of thiophene rings is 1. The molecule has 0 aliphatic carbocycles. The van der Waals surface area contributed by atoms with Gasteiger partial charge < -0.3 is 0 Å². The van der Waals surface area contributed by atoms with Crippen molar-refractivity contribution in [3.8, 4) is 10.4 Å². The van der Waals surface area contributed by atoms with Crippen LogP contribution in [-0.4, -0.2) is 9.97 Å². The molecule has 0 unspecified atom stereocenters. The Balaban J connectivity index is 2.52. The van der Waals surface area contributed by atoms with E-state index in [1.54, 1.807) is 17.5 Å². The quantitative estimate of drug-likeness (QED) is 0.743. The van der Waals surface area contributed by atoms with Crippen molar-refractivity contribution in [2.24, 2.45) is 0 Å². The minimum Gasteiger partial charge on any atom is -0.241 e. The van der Waals surface area contributed by atoms with Crippen LogP contribution in [-0.2, 0) is 0 Å². The molecule has 0 bridgehead atoms. The van der Waals surface area contributed by atoms with Crippen molar-refractivity contribution in [1.29, 1.82) is 0 Å². The van der Waals surface area contributed by atoms with Crippen molar-refractivity contribution in [3.63, 3.8) is 0 Å². The van der Waals surface area contributed by atoms with Gasteiger partial charge in [0, 0.05) is 16.6 Å². The van der Waals surface area contributed by atoms with E-state index >= 15 is 0 Å². The highest BCUT2D eigenvalue weighted by Gasteiger charge is 2.07. The SMILES string of the molecule is Cc1ncc(-c2ccc(Br)s2)c(Cl)n1. The molecule has 2 rings (SSSR count). The number of hydrogen-bond acceptors (Lipinski definition) is 3. The second kappa shape index (κ2) is 3.96. The molecule has 0 fully saturated rings. The Hall–Kier alpha value is -0.450. The zero-order chi connectivity index (χ0) is 10.1. The van der Waals surface area contributed by atoms with Gasteiger partial charge in [0.05, 0.1) is 3.79 Å². The number of rotatable bonds is 1. The van der Waals surface area contributed by atoms with Crippen molar-refractivity contribution < 1.29 is 0 Å². The second-order valence-electron chi connectivity index (χ2n) is 2.73. The van der Waals surface area contributed by atoms with Gasteiger partial charge in [0.25, 0.3) is 0 Å². The summed E-state index contributed by atoms with van der Waals surface area (Å²) < 4.78 is 1.07. The predicted molar refractivity (Wildman–Crippen MR) is 62.8 cm³/mol. The Morgan fingerprint density at radius 1 is 1.43 bits per heavy atom. The molecule has 2 aromatic rings. The topological polar surface area (TPSA) is 25.8 Å². The summed E-state index contributed by atoms with van der Waals surface area (Å²) in [5.74, 6) is 0.689. The van der Waals surface area contributed by atoms with Gasteiger partial charge in [-0.3, -0.25) is 0 Å². The Kier molecular flexibility index (Phi) is 2.85. The molecule has 14 heavy (non-hydrogen) atoms. The summed E-state index contributed by atoms with van der Waals surface area (Å²) in [4.78, 5) is 9.30. The van der Waals surface area contributed by atoms with Crippen molar-refractivity contribution in [3.05, 3.63) is 33.1 Å². The fraction of sp³-hybridized carbons (Fsp3) is 0.111. The van der Waals surface area contributed by atoms with Crippen molar-refractivity contribution in [1.82, 2.24) is 9.97 Å². The van der Waals surface area contributed by atoms with Crippen LogP contribution in [0.2, 0.25) is 5.15 Å². The highest BCUT2D eigenvalue weighted by Crippen LogP contribution is 2.33. The van der Waals surface area contributed by atoms with Crippen LogP contribution in [0, 0.1) is 6.92 Å². The smallest absolute Gasteiger partial charge is 0.141 e. The molecular weight excluding hydrogens is 284 g/mol. The molecule has 2 nitrogen and oxygen atoms in total. The summed E-state index contributed by atoms with van der Waals surface area (Å²) in [5, 5.41) is 0.506. The fourth-order valence-electron chi connectivity index (χ4n) is 1.07. The van der Waals surface area contributed by atoms with Crippen LogP contribution < -0.4 is 0 Å². The molecule has 0 aliphatic rings. The highest BCUT2D eigenvalue weighted by molar-refractivity contribution is 9.11.